The molecule has 0 bridgehead atoms. The van der Waals surface area contributed by atoms with Gasteiger partial charge in [-0.05, 0) is 53.8 Å². The zero-order valence-electron chi connectivity index (χ0n) is 19.6. The van der Waals surface area contributed by atoms with Crippen LogP contribution in [0.2, 0.25) is 0 Å². The molecule has 0 aliphatic carbocycles. The van der Waals surface area contributed by atoms with Crippen LogP contribution in [-0.4, -0.2) is 20.9 Å². The summed E-state index contributed by atoms with van der Waals surface area (Å²) in [4.78, 5) is 23.9. The molecular weight excluding hydrogens is 455 g/mol. The lowest BCUT2D eigenvalue weighted by atomic mass is 10.0. The third-order valence-electron chi connectivity index (χ3n) is 6.24. The number of hydrogen-bond donors (Lipinski definition) is 4. The van der Waals surface area contributed by atoms with Gasteiger partial charge in [-0.1, -0.05) is 37.3 Å². The number of nitrogens with zero attached hydrogens (tertiary/aromatic N) is 2. The summed E-state index contributed by atoms with van der Waals surface area (Å²) in [5, 5.41) is 5.17. The Labute approximate surface area is 207 Å². The molecule has 2 heterocycles. The predicted octanol–water partition coefficient (Wildman–Crippen LogP) is 5.21. The van der Waals surface area contributed by atoms with Gasteiger partial charge in [0.15, 0.2) is 0 Å². The highest BCUT2D eigenvalue weighted by Gasteiger charge is 2.23. The number of pyridine rings is 1. The number of aromatic nitrogens is 3. The van der Waals surface area contributed by atoms with Crippen LogP contribution in [0.1, 0.15) is 40.3 Å². The first-order valence-electron chi connectivity index (χ1n) is 11.6. The average Bonchev–Trinajstić information content (AvgIpc) is 3.38. The van der Waals surface area contributed by atoms with Crippen LogP contribution >= 0.6 is 0 Å². The van der Waals surface area contributed by atoms with Gasteiger partial charge in [0.2, 0.25) is 5.91 Å². The average molecular weight is 481 g/mol. The van der Waals surface area contributed by atoms with Gasteiger partial charge >= 0.3 is 0 Å². The number of rotatable bonds is 7. The second-order valence-electron chi connectivity index (χ2n) is 8.51. The fourth-order valence-electron chi connectivity index (χ4n) is 4.34. The molecule has 7 nitrogen and oxygen atoms in total. The van der Waals surface area contributed by atoms with Gasteiger partial charge in [-0.2, -0.15) is 0 Å². The van der Waals surface area contributed by atoms with Gasteiger partial charge < -0.3 is 21.8 Å². The van der Waals surface area contributed by atoms with Crippen molar-refractivity contribution in [3.05, 3.63) is 107 Å². The largest absolute Gasteiger partial charge is 0.383 e. The third-order valence-corrected chi connectivity index (χ3v) is 6.24. The molecule has 8 heteroatoms. The second-order valence-corrected chi connectivity index (χ2v) is 8.51. The molecule has 6 N–H and O–H groups in total. The van der Waals surface area contributed by atoms with Gasteiger partial charge in [0, 0.05) is 34.0 Å². The lowest BCUT2D eigenvalue weighted by Gasteiger charge is -2.20. The Bertz CT molecular complexity index is 1580. The highest BCUT2D eigenvalue weighted by atomic mass is 19.1. The van der Waals surface area contributed by atoms with Crippen molar-refractivity contribution in [2.24, 2.45) is 5.73 Å². The maximum absolute atomic E-state index is 15.2. The molecule has 36 heavy (non-hydrogen) atoms. The van der Waals surface area contributed by atoms with E-state index in [0.717, 1.165) is 28.4 Å². The number of carbonyl (C=O) groups excluding carboxylic acids is 1. The van der Waals surface area contributed by atoms with E-state index in [1.54, 1.807) is 36.7 Å². The van der Waals surface area contributed by atoms with Crippen molar-refractivity contribution in [1.29, 1.82) is 0 Å². The van der Waals surface area contributed by atoms with E-state index in [0.29, 0.717) is 34.0 Å². The molecule has 1 atom stereocenters. The van der Waals surface area contributed by atoms with E-state index in [2.05, 4.69) is 20.3 Å². The number of nitrogens with two attached hydrogens (primary N) is 2. The van der Waals surface area contributed by atoms with Crippen molar-refractivity contribution in [2.45, 2.75) is 19.4 Å². The van der Waals surface area contributed by atoms with Gasteiger partial charge in [0.25, 0.3) is 0 Å². The molecule has 5 aromatic rings. The monoisotopic (exact) mass is 480 g/mol. The van der Waals surface area contributed by atoms with E-state index in [4.69, 9.17) is 11.5 Å². The van der Waals surface area contributed by atoms with E-state index in [1.165, 1.54) is 6.07 Å². The van der Waals surface area contributed by atoms with E-state index in [9.17, 15) is 4.79 Å². The van der Waals surface area contributed by atoms with Crippen molar-refractivity contribution >= 4 is 28.2 Å². The third kappa shape index (κ3) is 4.36. The summed E-state index contributed by atoms with van der Waals surface area (Å²) >= 11 is 0. The number of carbonyl (C=O) groups is 1. The summed E-state index contributed by atoms with van der Waals surface area (Å²) in [5.41, 5.74) is 15.4. The first-order valence-corrected chi connectivity index (χ1v) is 11.6. The highest BCUT2D eigenvalue weighted by molar-refractivity contribution is 5.99. The number of hydrogen-bond acceptors (Lipinski definition) is 5. The van der Waals surface area contributed by atoms with E-state index < -0.39 is 11.9 Å². The molecule has 180 valence electrons. The van der Waals surface area contributed by atoms with Gasteiger partial charge in [0.05, 0.1) is 11.9 Å². The topological polar surface area (TPSA) is 123 Å². The number of nitrogens with one attached hydrogen (secondary N) is 2. The maximum Gasteiger partial charge on any atom is 0.249 e. The predicted molar refractivity (Wildman–Crippen MR) is 140 cm³/mol. The molecule has 2 aromatic heterocycles. The lowest BCUT2D eigenvalue weighted by molar-refractivity contribution is 0.100. The Morgan fingerprint density at radius 3 is 2.72 bits per heavy atom. The standard InChI is InChI=1S/C28H25FN6O/c1-2-16-7-10-23(29)22(13-16)25(34-18-8-9-19-17(14-18)11-12-32-26(19)30)28-33-15-24(35-28)20-5-3-4-6-21(20)27(31)36/h3-15,25,34H,2H2,1H3,(H2,30,32)(H2,31,36)(H,33,35). The van der Waals surface area contributed by atoms with Crippen LogP contribution in [0.25, 0.3) is 22.0 Å². The fourth-order valence-corrected chi connectivity index (χ4v) is 4.34. The molecule has 0 aliphatic rings. The second kappa shape index (κ2) is 9.50. The minimum Gasteiger partial charge on any atom is -0.383 e. The van der Waals surface area contributed by atoms with Crippen molar-refractivity contribution < 1.29 is 9.18 Å². The number of fused-ring (bicyclic) bond motifs is 1. The van der Waals surface area contributed by atoms with Crippen molar-refractivity contribution in [2.75, 3.05) is 11.1 Å². The maximum atomic E-state index is 15.2. The summed E-state index contributed by atoms with van der Waals surface area (Å²) in [6.07, 6.45) is 4.04. The zero-order chi connectivity index (χ0) is 25.2. The SMILES string of the molecule is CCc1ccc(F)c(C(Nc2ccc3c(N)nccc3c2)c2ncc(-c3ccccc3C(N)=O)[nH]2)c1. The number of anilines is 2. The molecular formula is C28H25FN6O. The molecule has 0 spiro atoms. The van der Waals surface area contributed by atoms with Gasteiger partial charge in [0.1, 0.15) is 23.5 Å². The minimum atomic E-state index is -0.636. The van der Waals surface area contributed by atoms with E-state index in [1.807, 2.05) is 43.3 Å². The first-order chi connectivity index (χ1) is 17.4. The molecule has 5 rings (SSSR count). The molecule has 1 amide bonds. The summed E-state index contributed by atoms with van der Waals surface area (Å²) in [6.45, 7) is 2.02. The number of primary amides is 1. The molecule has 1 unspecified atom stereocenters. The van der Waals surface area contributed by atoms with E-state index >= 15 is 4.39 Å². The Kier molecular flexibility index (Phi) is 6.08. The Morgan fingerprint density at radius 2 is 1.92 bits per heavy atom. The van der Waals surface area contributed by atoms with Crippen LogP contribution in [0.5, 0.6) is 0 Å². The number of aromatic amines is 1. The first kappa shape index (κ1) is 23.0. The van der Waals surface area contributed by atoms with Crippen LogP contribution in [-0.2, 0) is 6.42 Å². The molecule has 3 aromatic carbocycles. The van der Waals surface area contributed by atoms with Crippen molar-refractivity contribution in [3.63, 3.8) is 0 Å². The Hall–Kier alpha value is -4.72. The number of amides is 1. The van der Waals surface area contributed by atoms with Crippen LogP contribution < -0.4 is 16.8 Å². The molecule has 0 saturated heterocycles. The van der Waals surface area contributed by atoms with Crippen molar-refractivity contribution in [3.8, 4) is 11.3 Å². The summed E-state index contributed by atoms with van der Waals surface area (Å²) in [7, 11) is 0. The van der Waals surface area contributed by atoms with Gasteiger partial charge in [-0.15, -0.1) is 0 Å². The summed E-state index contributed by atoms with van der Waals surface area (Å²) < 4.78 is 15.2. The Balaban J connectivity index is 1.60. The van der Waals surface area contributed by atoms with Crippen LogP contribution in [0.15, 0.2) is 79.1 Å². The number of H-pyrrole nitrogens is 1. The van der Waals surface area contributed by atoms with Crippen LogP contribution in [0.4, 0.5) is 15.9 Å². The number of halogens is 1. The quantitative estimate of drug-likeness (QED) is 0.255. The van der Waals surface area contributed by atoms with Crippen molar-refractivity contribution in [1.82, 2.24) is 15.0 Å². The summed E-state index contributed by atoms with van der Waals surface area (Å²) in [5.74, 6) is 0.0457. The van der Waals surface area contributed by atoms with Crippen LogP contribution in [0.3, 0.4) is 0 Å². The van der Waals surface area contributed by atoms with Crippen LogP contribution in [0, 0.1) is 5.82 Å². The molecule has 0 fully saturated rings. The highest BCUT2D eigenvalue weighted by Crippen LogP contribution is 2.32. The molecule has 0 saturated carbocycles. The van der Waals surface area contributed by atoms with E-state index in [-0.39, 0.29) is 5.82 Å². The summed E-state index contributed by atoms with van der Waals surface area (Å²) in [6, 6.07) is 19.0. The number of aryl methyl sites for hydroxylation is 1. The smallest absolute Gasteiger partial charge is 0.249 e. The lowest BCUT2D eigenvalue weighted by Crippen LogP contribution is -2.16. The Morgan fingerprint density at radius 1 is 1.08 bits per heavy atom. The minimum absolute atomic E-state index is 0.352. The molecule has 0 aliphatic heterocycles. The zero-order valence-corrected chi connectivity index (χ0v) is 19.6. The number of imidazole rings is 1. The number of benzene rings is 3. The van der Waals surface area contributed by atoms with Gasteiger partial charge in [-0.25, -0.2) is 14.4 Å². The fraction of sp³-hybridized carbons (Fsp3) is 0.107. The number of nitrogen functional groups attached to an aromatic ring is 1. The normalized spacial score (nSPS) is 11.9. The molecule has 0 radical (unpaired) electrons. The van der Waals surface area contributed by atoms with Gasteiger partial charge in [-0.3, -0.25) is 4.79 Å².